The van der Waals surface area contributed by atoms with Crippen LogP contribution in [0.2, 0.25) is 0 Å². The minimum atomic E-state index is -1.39. The van der Waals surface area contributed by atoms with Gasteiger partial charge in [-0.2, -0.15) is 0 Å². The Bertz CT molecular complexity index is 357. The highest BCUT2D eigenvalue weighted by Crippen LogP contribution is 2.15. The van der Waals surface area contributed by atoms with Gasteiger partial charge in [0.15, 0.2) is 0 Å². The van der Waals surface area contributed by atoms with Crippen LogP contribution in [0.1, 0.15) is 38.5 Å². The van der Waals surface area contributed by atoms with Crippen LogP contribution in [-0.2, 0) is 9.53 Å². The third-order valence-electron chi connectivity index (χ3n) is 4.28. The minimum absolute atomic E-state index is 0.0391. The summed E-state index contributed by atoms with van der Waals surface area (Å²) in [5, 5.41) is 39.5. The van der Waals surface area contributed by atoms with E-state index in [9.17, 15) is 20.1 Å². The number of ether oxygens (including phenoxy) is 1. The van der Waals surface area contributed by atoms with Crippen molar-refractivity contribution in [3.05, 3.63) is 0 Å². The average molecular weight is 348 g/mol. The number of carbonyl (C=O) groups is 1. The van der Waals surface area contributed by atoms with Crippen LogP contribution in [0.4, 0.5) is 0 Å². The predicted molar refractivity (Wildman–Crippen MR) is 88.2 cm³/mol. The second kappa shape index (κ2) is 11.7. The molecule has 0 radical (unpaired) electrons. The normalized spacial score (nSPS) is 28.7. The van der Waals surface area contributed by atoms with Crippen molar-refractivity contribution in [2.24, 2.45) is 5.73 Å². The molecule has 8 heteroatoms. The van der Waals surface area contributed by atoms with Gasteiger partial charge in [0.2, 0.25) is 5.91 Å². The second-order valence-electron chi connectivity index (χ2n) is 6.29. The molecule has 1 aliphatic rings. The van der Waals surface area contributed by atoms with Crippen LogP contribution in [0.25, 0.3) is 0 Å². The molecule has 0 unspecified atom stereocenters. The molecule has 0 aliphatic carbocycles. The molecule has 4 atom stereocenters. The SMILES string of the molecule is NCCCC(=O)N1CCCCCCO[C@H]([C@H](O)CO)[C@H](O)[C@H](O)C1. The molecule has 142 valence electrons. The lowest BCUT2D eigenvalue weighted by Gasteiger charge is -2.33. The van der Waals surface area contributed by atoms with Gasteiger partial charge in [-0.3, -0.25) is 4.79 Å². The van der Waals surface area contributed by atoms with Crippen LogP contribution in [0.3, 0.4) is 0 Å². The van der Waals surface area contributed by atoms with Gasteiger partial charge in [0.1, 0.15) is 24.4 Å². The summed E-state index contributed by atoms with van der Waals surface area (Å²) < 4.78 is 5.47. The van der Waals surface area contributed by atoms with Gasteiger partial charge in [0.05, 0.1) is 6.61 Å². The van der Waals surface area contributed by atoms with Crippen molar-refractivity contribution in [3.63, 3.8) is 0 Å². The monoisotopic (exact) mass is 348 g/mol. The fourth-order valence-corrected chi connectivity index (χ4v) is 2.80. The van der Waals surface area contributed by atoms with Crippen molar-refractivity contribution in [2.75, 3.05) is 32.8 Å². The molecule has 0 aromatic carbocycles. The summed E-state index contributed by atoms with van der Waals surface area (Å²) in [5.41, 5.74) is 5.43. The van der Waals surface area contributed by atoms with E-state index in [1.165, 1.54) is 4.90 Å². The van der Waals surface area contributed by atoms with Crippen molar-refractivity contribution < 1.29 is 30.0 Å². The topological polar surface area (TPSA) is 136 Å². The van der Waals surface area contributed by atoms with Crippen LogP contribution in [0.5, 0.6) is 0 Å². The van der Waals surface area contributed by atoms with Gasteiger partial charge < -0.3 is 35.8 Å². The lowest BCUT2D eigenvalue weighted by atomic mass is 10.0. The van der Waals surface area contributed by atoms with Crippen LogP contribution < -0.4 is 5.73 Å². The molecule has 0 aromatic heterocycles. The molecular formula is C16H32N2O6. The highest BCUT2D eigenvalue weighted by Gasteiger charge is 2.34. The lowest BCUT2D eigenvalue weighted by molar-refractivity contribution is -0.152. The Morgan fingerprint density at radius 2 is 1.96 bits per heavy atom. The van der Waals surface area contributed by atoms with E-state index in [4.69, 9.17) is 15.6 Å². The standard InChI is InChI=1S/C16H32N2O6/c17-7-5-6-14(22)18-8-3-1-2-4-9-24-16(13(21)11-19)15(23)12(20)10-18/h12-13,15-16,19-21,23H,1-11,17H2/t12-,13-,15-,16-/m1/s1. The zero-order valence-electron chi connectivity index (χ0n) is 14.2. The Morgan fingerprint density at radius 1 is 1.25 bits per heavy atom. The molecule has 1 saturated heterocycles. The van der Waals surface area contributed by atoms with Crippen LogP contribution in [-0.4, -0.2) is 88.5 Å². The summed E-state index contributed by atoms with van der Waals surface area (Å²) in [6, 6.07) is 0. The maximum Gasteiger partial charge on any atom is 0.222 e. The number of β-amino-alcohol motifs (C(OH)–C–C–N with tert-alkyl or cyclic N) is 1. The van der Waals surface area contributed by atoms with Gasteiger partial charge in [0, 0.05) is 26.1 Å². The molecule has 0 saturated carbocycles. The predicted octanol–water partition coefficient (Wildman–Crippen LogP) is -1.41. The maximum absolute atomic E-state index is 12.3. The first kappa shape index (κ1) is 21.3. The van der Waals surface area contributed by atoms with Crippen LogP contribution in [0.15, 0.2) is 0 Å². The highest BCUT2D eigenvalue weighted by atomic mass is 16.5. The minimum Gasteiger partial charge on any atom is -0.394 e. The summed E-state index contributed by atoms with van der Waals surface area (Å²) in [6.07, 6.45) is -0.764. The number of amides is 1. The maximum atomic E-state index is 12.3. The largest absolute Gasteiger partial charge is 0.394 e. The fraction of sp³-hybridized carbons (Fsp3) is 0.938. The zero-order valence-corrected chi connectivity index (χ0v) is 14.2. The first-order valence-corrected chi connectivity index (χ1v) is 8.75. The molecule has 8 nitrogen and oxygen atoms in total. The summed E-state index contributed by atoms with van der Waals surface area (Å²) >= 11 is 0. The van der Waals surface area contributed by atoms with Crippen molar-refractivity contribution in [2.45, 2.75) is 62.9 Å². The molecule has 6 N–H and O–H groups in total. The van der Waals surface area contributed by atoms with Gasteiger partial charge in [-0.05, 0) is 25.8 Å². The second-order valence-corrected chi connectivity index (χ2v) is 6.29. The van der Waals surface area contributed by atoms with Gasteiger partial charge in [-0.1, -0.05) is 12.8 Å². The summed E-state index contributed by atoms with van der Waals surface area (Å²) in [4.78, 5) is 13.8. The quantitative estimate of drug-likeness (QED) is 0.412. The first-order valence-electron chi connectivity index (χ1n) is 8.75. The van der Waals surface area contributed by atoms with E-state index >= 15 is 0 Å². The molecule has 24 heavy (non-hydrogen) atoms. The van der Waals surface area contributed by atoms with Crippen molar-refractivity contribution >= 4 is 5.91 Å². The van der Waals surface area contributed by atoms with Gasteiger partial charge in [-0.15, -0.1) is 0 Å². The van der Waals surface area contributed by atoms with E-state index in [0.717, 1.165) is 25.7 Å². The number of nitrogens with two attached hydrogens (primary N) is 1. The summed E-state index contributed by atoms with van der Waals surface area (Å²) in [5.74, 6) is -0.107. The average Bonchev–Trinajstić information content (AvgIpc) is 2.58. The van der Waals surface area contributed by atoms with E-state index in [1.807, 2.05) is 0 Å². The number of rotatable bonds is 5. The fourth-order valence-electron chi connectivity index (χ4n) is 2.80. The Morgan fingerprint density at radius 3 is 2.62 bits per heavy atom. The van der Waals surface area contributed by atoms with E-state index in [0.29, 0.717) is 32.5 Å². The lowest BCUT2D eigenvalue weighted by Crippen LogP contribution is -2.52. The smallest absolute Gasteiger partial charge is 0.222 e. The number of carbonyl (C=O) groups excluding carboxylic acids is 1. The van der Waals surface area contributed by atoms with Crippen molar-refractivity contribution in [1.29, 1.82) is 0 Å². The molecule has 1 fully saturated rings. The molecule has 0 spiro atoms. The first-order chi connectivity index (χ1) is 11.5. The third kappa shape index (κ3) is 7.00. The van der Waals surface area contributed by atoms with Gasteiger partial charge in [-0.25, -0.2) is 0 Å². The Kier molecular flexibility index (Phi) is 10.4. The van der Waals surface area contributed by atoms with E-state index in [-0.39, 0.29) is 12.5 Å². The molecule has 1 rings (SSSR count). The third-order valence-corrected chi connectivity index (χ3v) is 4.28. The Hall–Kier alpha value is -0.770. The molecule has 1 amide bonds. The van der Waals surface area contributed by atoms with E-state index in [2.05, 4.69) is 0 Å². The molecule has 1 heterocycles. The van der Waals surface area contributed by atoms with E-state index in [1.54, 1.807) is 0 Å². The number of aliphatic hydroxyl groups excluding tert-OH is 4. The van der Waals surface area contributed by atoms with Crippen LogP contribution >= 0.6 is 0 Å². The molecular weight excluding hydrogens is 316 g/mol. The zero-order chi connectivity index (χ0) is 17.9. The van der Waals surface area contributed by atoms with Crippen molar-refractivity contribution in [1.82, 2.24) is 4.90 Å². The molecule has 0 bridgehead atoms. The Labute approximate surface area is 143 Å². The summed E-state index contributed by atoms with van der Waals surface area (Å²) in [7, 11) is 0. The van der Waals surface area contributed by atoms with Gasteiger partial charge >= 0.3 is 0 Å². The highest BCUT2D eigenvalue weighted by molar-refractivity contribution is 5.76. The van der Waals surface area contributed by atoms with Gasteiger partial charge in [0.25, 0.3) is 0 Å². The van der Waals surface area contributed by atoms with Crippen molar-refractivity contribution in [3.8, 4) is 0 Å². The summed E-state index contributed by atoms with van der Waals surface area (Å²) in [6.45, 7) is 0.658. The number of hydrogen-bond acceptors (Lipinski definition) is 7. The molecule has 1 aliphatic heterocycles. The van der Waals surface area contributed by atoms with Crippen LogP contribution in [0, 0.1) is 0 Å². The van der Waals surface area contributed by atoms with E-state index < -0.39 is 31.0 Å². The number of nitrogens with zero attached hydrogens (tertiary/aromatic N) is 1. The molecule has 0 aromatic rings. The Balaban J connectivity index is 2.79. The number of hydrogen-bond donors (Lipinski definition) is 5. The number of aliphatic hydroxyl groups is 4.